The number of rotatable bonds is 5. The third-order valence-electron chi connectivity index (χ3n) is 3.90. The third kappa shape index (κ3) is 5.00. The molecule has 11 heteroatoms. The van der Waals surface area contributed by atoms with Gasteiger partial charge in [0, 0.05) is 12.0 Å². The molecule has 3 atom stereocenters. The molecule has 0 unspecified atom stereocenters. The van der Waals surface area contributed by atoms with Gasteiger partial charge in [-0.1, -0.05) is 0 Å². The van der Waals surface area contributed by atoms with Crippen LogP contribution in [0.25, 0.3) is 0 Å². The number of ether oxygens (including phenoxy) is 1. The lowest BCUT2D eigenvalue weighted by Gasteiger charge is -2.32. The Morgan fingerprint density at radius 1 is 1.44 bits per heavy atom. The second kappa shape index (κ2) is 8.26. The Morgan fingerprint density at radius 3 is 2.64 bits per heavy atom. The number of hydrogen-bond donors (Lipinski definition) is 2. The first-order valence-corrected chi connectivity index (χ1v) is 9.20. The normalized spacial score (nSPS) is 25.0. The fourth-order valence-corrected chi connectivity index (χ4v) is 4.79. The van der Waals surface area contributed by atoms with Crippen LogP contribution >= 0.6 is 12.4 Å². The molecule has 0 aliphatic carbocycles. The van der Waals surface area contributed by atoms with E-state index < -0.39 is 44.3 Å². The van der Waals surface area contributed by atoms with E-state index in [9.17, 15) is 28.0 Å². The predicted octanol–water partition coefficient (Wildman–Crippen LogP) is 0.830. The van der Waals surface area contributed by atoms with Gasteiger partial charge in [0.25, 0.3) is 0 Å². The van der Waals surface area contributed by atoms with Crippen LogP contribution in [0.1, 0.15) is 12.5 Å². The van der Waals surface area contributed by atoms with Gasteiger partial charge >= 0.3 is 5.69 Å². The van der Waals surface area contributed by atoms with Crippen molar-refractivity contribution >= 4 is 27.9 Å². The van der Waals surface area contributed by atoms with E-state index in [4.69, 9.17) is 10.5 Å². The predicted molar refractivity (Wildman–Crippen MR) is 91.3 cm³/mol. The van der Waals surface area contributed by atoms with Gasteiger partial charge in [-0.3, -0.25) is 10.1 Å². The second-order valence-corrected chi connectivity index (χ2v) is 7.96. The molecule has 0 radical (unpaired) electrons. The molecule has 0 spiro atoms. The number of sulfone groups is 1. The van der Waals surface area contributed by atoms with Crippen LogP contribution in [0.4, 0.5) is 10.1 Å². The van der Waals surface area contributed by atoms with Crippen molar-refractivity contribution in [3.05, 3.63) is 33.6 Å². The molecule has 2 rings (SSSR count). The molecular formula is C14H20ClFN2O6S. The van der Waals surface area contributed by atoms with Gasteiger partial charge < -0.3 is 15.6 Å². The zero-order chi connectivity index (χ0) is 18.1. The summed E-state index contributed by atoms with van der Waals surface area (Å²) < 4.78 is 42.8. The maximum absolute atomic E-state index is 14.0. The summed E-state index contributed by atoms with van der Waals surface area (Å²) in [4.78, 5) is 10.1. The Hall–Kier alpha value is -1.49. The number of nitro benzene ring substituents is 1. The van der Waals surface area contributed by atoms with E-state index in [0.717, 1.165) is 6.07 Å². The molecule has 1 saturated heterocycles. The summed E-state index contributed by atoms with van der Waals surface area (Å²) in [6, 6.07) is 1.34. The molecule has 1 aromatic carbocycles. The zero-order valence-electron chi connectivity index (χ0n) is 13.4. The molecule has 0 saturated carbocycles. The van der Waals surface area contributed by atoms with Crippen molar-refractivity contribution in [2.24, 2.45) is 11.7 Å². The lowest BCUT2D eigenvalue weighted by molar-refractivity contribution is -0.388. The van der Waals surface area contributed by atoms with Crippen LogP contribution in [0.15, 0.2) is 12.1 Å². The minimum absolute atomic E-state index is 0. The smallest absolute Gasteiger partial charge is 0.346 e. The number of aliphatic hydroxyl groups is 1. The lowest BCUT2D eigenvalue weighted by atomic mass is 9.91. The number of benzene rings is 1. The van der Waals surface area contributed by atoms with Crippen molar-refractivity contribution < 1.29 is 27.6 Å². The van der Waals surface area contributed by atoms with Gasteiger partial charge in [0.2, 0.25) is 11.6 Å². The average molecular weight is 399 g/mol. The van der Waals surface area contributed by atoms with Crippen LogP contribution < -0.4 is 10.5 Å². The molecule has 3 N–H and O–H groups in total. The van der Waals surface area contributed by atoms with Crippen molar-refractivity contribution in [1.29, 1.82) is 0 Å². The number of hydrogen-bond acceptors (Lipinski definition) is 7. The molecule has 1 fully saturated rings. The molecule has 1 aromatic rings. The first kappa shape index (κ1) is 21.6. The monoisotopic (exact) mass is 398 g/mol. The maximum atomic E-state index is 14.0. The molecule has 25 heavy (non-hydrogen) atoms. The summed E-state index contributed by atoms with van der Waals surface area (Å²) in [5.74, 6) is -2.59. The average Bonchev–Trinajstić information content (AvgIpc) is 2.43. The van der Waals surface area contributed by atoms with Gasteiger partial charge in [0.05, 0.1) is 29.1 Å². The molecular weight excluding hydrogens is 379 g/mol. The van der Waals surface area contributed by atoms with E-state index in [2.05, 4.69) is 0 Å². The van der Waals surface area contributed by atoms with Gasteiger partial charge in [-0.2, -0.15) is 4.39 Å². The number of nitrogens with two attached hydrogens (primary N) is 1. The van der Waals surface area contributed by atoms with Gasteiger partial charge in [-0.25, -0.2) is 8.42 Å². The van der Waals surface area contributed by atoms with Crippen molar-refractivity contribution in [2.75, 3.05) is 18.1 Å². The summed E-state index contributed by atoms with van der Waals surface area (Å²) in [5, 5.41) is 21.0. The van der Waals surface area contributed by atoms with Crippen LogP contribution in [0.3, 0.4) is 0 Å². The van der Waals surface area contributed by atoms with Gasteiger partial charge in [-0.05, 0) is 31.0 Å². The fraction of sp³-hybridized carbons (Fsp3) is 0.571. The van der Waals surface area contributed by atoms with Crippen molar-refractivity contribution in [3.63, 3.8) is 0 Å². The molecule has 8 nitrogen and oxygen atoms in total. The molecule has 0 aromatic heterocycles. The van der Waals surface area contributed by atoms with E-state index in [1.54, 1.807) is 6.92 Å². The van der Waals surface area contributed by atoms with Crippen LogP contribution in [-0.2, 0) is 16.3 Å². The maximum Gasteiger partial charge on any atom is 0.346 e. The topological polar surface area (TPSA) is 133 Å². The SMILES string of the molecule is CCOc1cc(C[C@@H]2CS(=O)(=O)C[C@H](N)[C@H]2O)cc(F)c1[N+](=O)[O-].Cl. The summed E-state index contributed by atoms with van der Waals surface area (Å²) >= 11 is 0. The Morgan fingerprint density at radius 2 is 2.08 bits per heavy atom. The summed E-state index contributed by atoms with van der Waals surface area (Å²) in [5.41, 5.74) is 5.18. The summed E-state index contributed by atoms with van der Waals surface area (Å²) in [6.45, 7) is 1.71. The summed E-state index contributed by atoms with van der Waals surface area (Å²) in [6.07, 6.45) is -1.04. The first-order chi connectivity index (χ1) is 11.1. The lowest BCUT2D eigenvalue weighted by Crippen LogP contribution is -2.52. The number of halogens is 2. The molecule has 142 valence electrons. The van der Waals surface area contributed by atoms with Crippen LogP contribution in [0.2, 0.25) is 0 Å². The highest BCUT2D eigenvalue weighted by Gasteiger charge is 2.38. The zero-order valence-corrected chi connectivity index (χ0v) is 15.1. The first-order valence-electron chi connectivity index (χ1n) is 7.38. The van der Waals surface area contributed by atoms with Crippen LogP contribution in [0.5, 0.6) is 5.75 Å². The fourth-order valence-electron chi connectivity index (χ4n) is 2.90. The van der Waals surface area contributed by atoms with E-state index in [1.165, 1.54) is 6.07 Å². The largest absolute Gasteiger partial charge is 0.487 e. The van der Waals surface area contributed by atoms with E-state index in [-0.39, 0.29) is 42.7 Å². The Kier molecular flexibility index (Phi) is 7.12. The number of aliphatic hydroxyl groups excluding tert-OH is 1. The minimum atomic E-state index is -3.40. The Balaban J connectivity index is 0.00000312. The molecule has 1 aliphatic heterocycles. The summed E-state index contributed by atoms with van der Waals surface area (Å²) in [7, 11) is -3.40. The standard InChI is InChI=1S/C14H19FN2O6S.ClH/c1-2-23-12-5-8(4-10(15)13(12)17(19)20)3-9-6-24(21,22)7-11(16)14(9)18;/h4-5,9,11,14,18H,2-3,6-7,16H2,1H3;1H/t9-,11+,14+;/m1./s1. The van der Waals surface area contributed by atoms with Gasteiger partial charge in [0.1, 0.15) is 0 Å². The van der Waals surface area contributed by atoms with Crippen LogP contribution in [0, 0.1) is 21.8 Å². The third-order valence-corrected chi connectivity index (χ3v) is 5.73. The Bertz CT molecular complexity index is 745. The number of nitrogens with zero attached hydrogens (tertiary/aromatic N) is 1. The highest BCUT2D eigenvalue weighted by molar-refractivity contribution is 7.91. The van der Waals surface area contributed by atoms with E-state index in [0.29, 0.717) is 5.56 Å². The van der Waals surface area contributed by atoms with Crippen molar-refractivity contribution in [3.8, 4) is 5.75 Å². The number of nitro groups is 1. The highest BCUT2D eigenvalue weighted by Crippen LogP contribution is 2.33. The quantitative estimate of drug-likeness (QED) is 0.554. The second-order valence-electron chi connectivity index (χ2n) is 5.81. The molecule has 0 bridgehead atoms. The Labute approximate surface area is 150 Å². The van der Waals surface area contributed by atoms with Gasteiger partial charge in [0.15, 0.2) is 9.84 Å². The van der Waals surface area contributed by atoms with Crippen LogP contribution in [-0.4, -0.2) is 48.7 Å². The van der Waals surface area contributed by atoms with Gasteiger partial charge in [-0.15, -0.1) is 12.4 Å². The molecule has 0 amide bonds. The highest BCUT2D eigenvalue weighted by atomic mass is 35.5. The molecule has 1 aliphatic rings. The van der Waals surface area contributed by atoms with Crippen molar-refractivity contribution in [1.82, 2.24) is 0 Å². The van der Waals surface area contributed by atoms with Crippen molar-refractivity contribution in [2.45, 2.75) is 25.5 Å². The van der Waals surface area contributed by atoms with E-state index in [1.807, 2.05) is 0 Å². The molecule has 1 heterocycles. The van der Waals surface area contributed by atoms with E-state index >= 15 is 0 Å². The minimum Gasteiger partial charge on any atom is -0.487 e.